The zero-order valence-corrected chi connectivity index (χ0v) is 8.70. The maximum absolute atomic E-state index is 10.4. The van der Waals surface area contributed by atoms with Gasteiger partial charge in [-0.15, -0.1) is 0 Å². The van der Waals surface area contributed by atoms with Crippen molar-refractivity contribution >= 4 is 11.8 Å². The number of carboxylic acid groups (broad SMARTS) is 1. The number of rotatable bonds is 1. The summed E-state index contributed by atoms with van der Waals surface area (Å²) in [5.41, 5.74) is 0.141. The zero-order chi connectivity index (χ0) is 7.84. The number of carboxylic acids is 1. The van der Waals surface area contributed by atoms with Crippen molar-refractivity contribution < 1.29 is 39.5 Å². The largest absolute Gasteiger partial charge is 1.00 e. The van der Waals surface area contributed by atoms with Crippen molar-refractivity contribution in [2.45, 2.75) is 6.54 Å². The molecule has 1 aromatic rings. The molecule has 0 aromatic carbocycles. The first kappa shape index (κ1) is 9.57. The predicted octanol–water partition coefficient (Wildman–Crippen LogP) is -4.32. The molecule has 1 aliphatic rings. The normalized spacial score (nSPS) is 13.0. The first-order chi connectivity index (χ1) is 5.29. The number of fused-ring (bicyclic) bond motifs is 1. The second kappa shape index (κ2) is 3.47. The number of hydrogen-bond donors (Lipinski definition) is 1. The first-order valence-corrected chi connectivity index (χ1v) is 3.30. The van der Waals surface area contributed by atoms with Crippen LogP contribution in [0.1, 0.15) is 10.4 Å². The van der Waals surface area contributed by atoms with Gasteiger partial charge >= 0.3 is 29.6 Å². The van der Waals surface area contributed by atoms with Gasteiger partial charge in [-0.1, -0.05) is 0 Å². The van der Waals surface area contributed by atoms with E-state index in [4.69, 9.17) is 0 Å². The fraction of sp³-hybridized carbons (Fsp3) is 0.333. The minimum absolute atomic E-state index is 0. The summed E-state index contributed by atoms with van der Waals surface area (Å²) in [5, 5.41) is 17.2. The van der Waals surface area contributed by atoms with Crippen molar-refractivity contribution in [3.05, 3.63) is 11.8 Å². The number of carbonyl (C=O) groups excluding carboxylic acids is 1. The molecule has 58 valence electrons. The van der Waals surface area contributed by atoms with Gasteiger partial charge in [0, 0.05) is 6.54 Å². The standard InChI is InChI=1S/C6H7N3O2.Na/c10-6(11)4-3-8-9-2-1-7-5(4)9;/h3,7H,1-2H2,(H,10,11);/q;+1/p-1. The van der Waals surface area contributed by atoms with Gasteiger partial charge in [0.15, 0.2) is 0 Å². The summed E-state index contributed by atoms with van der Waals surface area (Å²) in [4.78, 5) is 10.4. The van der Waals surface area contributed by atoms with E-state index in [9.17, 15) is 9.90 Å². The molecule has 0 bridgehead atoms. The summed E-state index contributed by atoms with van der Waals surface area (Å²) in [6, 6.07) is 0. The van der Waals surface area contributed by atoms with Crippen molar-refractivity contribution in [2.75, 3.05) is 11.9 Å². The fourth-order valence-electron chi connectivity index (χ4n) is 1.17. The van der Waals surface area contributed by atoms with E-state index in [1.807, 2.05) is 0 Å². The van der Waals surface area contributed by atoms with Gasteiger partial charge in [0.1, 0.15) is 5.82 Å². The Morgan fingerprint density at radius 3 is 3.17 bits per heavy atom. The molecular formula is C6H6N3NaO2. The molecule has 0 saturated heterocycles. The van der Waals surface area contributed by atoms with Crippen LogP contribution in [0.3, 0.4) is 0 Å². The van der Waals surface area contributed by atoms with E-state index >= 15 is 0 Å². The van der Waals surface area contributed by atoms with Gasteiger partial charge < -0.3 is 15.2 Å². The smallest absolute Gasteiger partial charge is 0.545 e. The third-order valence-electron chi connectivity index (χ3n) is 1.68. The predicted molar refractivity (Wildman–Crippen MR) is 35.0 cm³/mol. The number of anilines is 1. The Balaban J connectivity index is 0.000000720. The third-order valence-corrected chi connectivity index (χ3v) is 1.68. The molecule has 0 spiro atoms. The molecule has 0 atom stereocenters. The van der Waals surface area contributed by atoms with E-state index in [-0.39, 0.29) is 35.1 Å². The Bertz CT molecular complexity index is 310. The first-order valence-electron chi connectivity index (χ1n) is 3.30. The Kier molecular flexibility index (Phi) is 2.76. The molecule has 5 nitrogen and oxygen atoms in total. The van der Waals surface area contributed by atoms with Crippen LogP contribution >= 0.6 is 0 Å². The summed E-state index contributed by atoms with van der Waals surface area (Å²) in [6.07, 6.45) is 1.30. The van der Waals surface area contributed by atoms with Gasteiger partial charge in [-0.2, -0.15) is 5.10 Å². The van der Waals surface area contributed by atoms with Crippen molar-refractivity contribution in [3.8, 4) is 0 Å². The van der Waals surface area contributed by atoms with Crippen molar-refractivity contribution in [2.24, 2.45) is 0 Å². The Morgan fingerprint density at radius 1 is 1.75 bits per heavy atom. The molecular weight excluding hydrogens is 169 g/mol. The number of aromatic carboxylic acids is 1. The molecule has 0 fully saturated rings. The topological polar surface area (TPSA) is 70.0 Å². The van der Waals surface area contributed by atoms with Crippen LogP contribution in [0.4, 0.5) is 5.82 Å². The maximum atomic E-state index is 10.4. The van der Waals surface area contributed by atoms with Crippen molar-refractivity contribution in [1.29, 1.82) is 0 Å². The third kappa shape index (κ3) is 1.35. The van der Waals surface area contributed by atoms with Gasteiger partial charge in [-0.05, 0) is 0 Å². The molecule has 2 rings (SSSR count). The maximum Gasteiger partial charge on any atom is 1.00 e. The minimum Gasteiger partial charge on any atom is -0.545 e. The van der Waals surface area contributed by atoms with Crippen LogP contribution in [0.15, 0.2) is 6.20 Å². The molecule has 0 unspecified atom stereocenters. The summed E-state index contributed by atoms with van der Waals surface area (Å²) in [7, 11) is 0. The zero-order valence-electron chi connectivity index (χ0n) is 6.70. The summed E-state index contributed by atoms with van der Waals surface area (Å²) < 4.78 is 1.62. The molecule has 1 N–H and O–H groups in total. The number of hydrogen-bond acceptors (Lipinski definition) is 4. The average Bonchev–Trinajstić information content (AvgIpc) is 2.41. The van der Waals surface area contributed by atoms with Crippen LogP contribution in [0.2, 0.25) is 0 Å². The summed E-state index contributed by atoms with van der Waals surface area (Å²) >= 11 is 0. The van der Waals surface area contributed by atoms with E-state index in [1.165, 1.54) is 6.20 Å². The Hall–Kier alpha value is -0.520. The SMILES string of the molecule is O=C([O-])c1cnn2c1NCC2.[Na+]. The fourth-order valence-corrected chi connectivity index (χ4v) is 1.17. The van der Waals surface area contributed by atoms with Crippen molar-refractivity contribution in [3.63, 3.8) is 0 Å². The van der Waals surface area contributed by atoms with Gasteiger partial charge in [-0.3, -0.25) is 0 Å². The number of aromatic nitrogens is 2. The quantitative estimate of drug-likeness (QED) is 0.438. The summed E-state index contributed by atoms with van der Waals surface area (Å²) in [5.74, 6) is -0.620. The molecule has 0 saturated carbocycles. The number of carbonyl (C=O) groups is 1. The van der Waals surface area contributed by atoms with Crippen molar-refractivity contribution in [1.82, 2.24) is 9.78 Å². The Morgan fingerprint density at radius 2 is 2.50 bits per heavy atom. The van der Waals surface area contributed by atoms with Crippen LogP contribution in [0, 0.1) is 0 Å². The molecule has 0 radical (unpaired) electrons. The van der Waals surface area contributed by atoms with Crippen LogP contribution in [0.25, 0.3) is 0 Å². The van der Waals surface area contributed by atoms with E-state index in [2.05, 4.69) is 10.4 Å². The van der Waals surface area contributed by atoms with E-state index < -0.39 is 5.97 Å². The number of nitrogens with one attached hydrogen (secondary N) is 1. The second-order valence-electron chi connectivity index (χ2n) is 2.34. The second-order valence-corrected chi connectivity index (χ2v) is 2.34. The molecule has 2 heterocycles. The van der Waals surface area contributed by atoms with Crippen LogP contribution < -0.4 is 40.0 Å². The van der Waals surface area contributed by atoms with Crippen LogP contribution in [0.5, 0.6) is 0 Å². The van der Waals surface area contributed by atoms with E-state index in [0.717, 1.165) is 13.1 Å². The molecule has 12 heavy (non-hydrogen) atoms. The van der Waals surface area contributed by atoms with E-state index in [1.54, 1.807) is 4.68 Å². The Labute approximate surface area is 91.0 Å². The van der Waals surface area contributed by atoms with E-state index in [0.29, 0.717) is 5.82 Å². The molecule has 1 aromatic heterocycles. The van der Waals surface area contributed by atoms with Crippen LogP contribution in [-0.2, 0) is 6.54 Å². The molecule has 6 heteroatoms. The number of nitrogens with zero attached hydrogens (tertiary/aromatic N) is 2. The van der Waals surface area contributed by atoms with Crippen LogP contribution in [-0.4, -0.2) is 22.3 Å². The molecule has 1 aliphatic heterocycles. The van der Waals surface area contributed by atoms with Gasteiger partial charge in [-0.25, -0.2) is 4.68 Å². The van der Waals surface area contributed by atoms with Gasteiger partial charge in [0.2, 0.25) is 0 Å². The molecule has 0 amide bonds. The summed E-state index contributed by atoms with van der Waals surface area (Å²) in [6.45, 7) is 1.46. The van der Waals surface area contributed by atoms with Gasteiger partial charge in [0.25, 0.3) is 0 Å². The van der Waals surface area contributed by atoms with Gasteiger partial charge in [0.05, 0.1) is 24.3 Å². The molecule has 0 aliphatic carbocycles. The monoisotopic (exact) mass is 175 g/mol. The minimum atomic E-state index is -1.18. The average molecular weight is 175 g/mol.